The molecule has 38 heavy (non-hydrogen) atoms. The van der Waals surface area contributed by atoms with Gasteiger partial charge in [-0.1, -0.05) is 0 Å². The first kappa shape index (κ1) is 29.4. The van der Waals surface area contributed by atoms with E-state index in [-0.39, 0.29) is 17.0 Å². The van der Waals surface area contributed by atoms with Gasteiger partial charge < -0.3 is 67.4 Å². The van der Waals surface area contributed by atoms with E-state index in [1.807, 2.05) is 0 Å². The Balaban J connectivity index is 1.38. The van der Waals surface area contributed by atoms with Gasteiger partial charge in [0.15, 0.2) is 24.0 Å². The normalized spacial score (nSPS) is 37.2. The number of nitrogens with zero attached hydrogens (tertiary/aromatic N) is 4. The summed E-state index contributed by atoms with van der Waals surface area (Å²) in [5.74, 6) is 0.0576. The third-order valence-corrected chi connectivity index (χ3v) is 8.44. The van der Waals surface area contributed by atoms with E-state index in [4.69, 9.17) is 27.3 Å². The average molecular weight is 583 g/mol. The van der Waals surface area contributed by atoms with E-state index in [0.29, 0.717) is 0 Å². The number of rotatable bonds is 9. The van der Waals surface area contributed by atoms with Gasteiger partial charge in [-0.25, -0.2) is 23.8 Å². The Morgan fingerprint density at radius 3 is 2.37 bits per heavy atom. The van der Waals surface area contributed by atoms with Gasteiger partial charge in [0.1, 0.15) is 54.6 Å². The van der Waals surface area contributed by atoms with E-state index >= 15 is 0 Å². The van der Waals surface area contributed by atoms with Crippen molar-refractivity contribution in [2.75, 3.05) is 18.9 Å². The molecule has 0 aliphatic carbocycles. The topological polar surface area (TPSA) is 292 Å². The Morgan fingerprint density at radius 1 is 1.00 bits per heavy atom. The second-order valence-electron chi connectivity index (χ2n) is 8.32. The predicted octanol–water partition coefficient (Wildman–Crippen LogP) is -3.75. The number of hydrogen-bond donors (Lipinski definition) is 8. The van der Waals surface area contributed by atoms with Crippen molar-refractivity contribution in [3.05, 3.63) is 12.7 Å². The van der Waals surface area contributed by atoms with Gasteiger partial charge in [0.2, 0.25) is 0 Å². The number of ether oxygens (including phenoxy) is 2. The third kappa shape index (κ3) is 5.93. The van der Waals surface area contributed by atoms with Gasteiger partial charge in [0.05, 0.1) is 27.0 Å². The van der Waals surface area contributed by atoms with Crippen molar-refractivity contribution in [3.63, 3.8) is 0 Å². The number of phosphoric ester groups is 1. The second kappa shape index (κ2) is 11.1. The number of hydrogen-bond acceptors (Lipinski definition) is 17. The van der Waals surface area contributed by atoms with E-state index in [2.05, 4.69) is 23.8 Å². The first-order valence-corrected chi connectivity index (χ1v) is 13.9. The lowest BCUT2D eigenvalue weighted by Crippen LogP contribution is -2.58. The summed E-state index contributed by atoms with van der Waals surface area (Å²) in [4.78, 5) is 21.8. The molecular formula is C16H24BN5O14P2-. The zero-order chi connectivity index (χ0) is 28.0. The van der Waals surface area contributed by atoms with Crippen LogP contribution in [0.2, 0.25) is 0 Å². The molecule has 211 valence electrons. The minimum absolute atomic E-state index is 0.0576. The standard InChI is InChI=1S/C16H24BN5O14P2/c17-37(29,36-38(30,31)35-16-12(28)10(26)8(24)5(1-23)34-16)32-2-6-9(25)11(27)15(33-6)22-4-21-7-13(18)19-3-20-14(7)22/h3-6,8-12,15-16,23-28H,1-2H2,(H,30,31)(H2,18,19,20)/q-1/t5?,6-,8-,9+,10+,11?,12?,15-,16+,37+/m1/s1. The molecule has 2 aromatic heterocycles. The first-order valence-electron chi connectivity index (χ1n) is 10.8. The zero-order valence-electron chi connectivity index (χ0n) is 19.1. The van der Waals surface area contributed by atoms with Crippen molar-refractivity contribution >= 4 is 39.8 Å². The molecule has 0 aromatic carbocycles. The molecule has 2 aliphatic heterocycles. The summed E-state index contributed by atoms with van der Waals surface area (Å²) in [6.07, 6.45) is -12.8. The fourth-order valence-corrected chi connectivity index (χ4v) is 6.09. The maximum Gasteiger partial charge on any atom is 0.479 e. The molecule has 22 heteroatoms. The molecule has 2 saturated heterocycles. The van der Waals surface area contributed by atoms with Crippen molar-refractivity contribution < 1.29 is 67.5 Å². The molecule has 0 amide bonds. The number of aromatic nitrogens is 4. The molecule has 11 atom stereocenters. The van der Waals surface area contributed by atoms with Crippen LogP contribution in [-0.2, 0) is 32.0 Å². The Kier molecular flexibility index (Phi) is 8.59. The first-order chi connectivity index (χ1) is 17.7. The Hall–Kier alpha value is -1.61. The molecule has 19 nitrogen and oxygen atoms in total. The average Bonchev–Trinajstić information content (AvgIpc) is 3.39. The van der Waals surface area contributed by atoms with Crippen molar-refractivity contribution in [3.8, 4) is 0 Å². The summed E-state index contributed by atoms with van der Waals surface area (Å²) in [5, 5.41) is 59.4. The molecule has 2 aliphatic rings. The lowest BCUT2D eigenvalue weighted by Gasteiger charge is -2.40. The van der Waals surface area contributed by atoms with Gasteiger partial charge in [-0.05, 0) is 0 Å². The highest BCUT2D eigenvalue weighted by Crippen LogP contribution is 2.61. The molecule has 4 heterocycles. The summed E-state index contributed by atoms with van der Waals surface area (Å²) in [7, 11) is -5.04. The van der Waals surface area contributed by atoms with Gasteiger partial charge in [-0.15, -0.1) is 0 Å². The molecule has 2 fully saturated rings. The van der Waals surface area contributed by atoms with Gasteiger partial charge in [-0.2, -0.15) is 0 Å². The molecule has 0 bridgehead atoms. The summed E-state index contributed by atoms with van der Waals surface area (Å²) >= 11 is 0. The second-order valence-corrected chi connectivity index (χ2v) is 11.5. The zero-order valence-corrected chi connectivity index (χ0v) is 20.9. The van der Waals surface area contributed by atoms with Crippen molar-refractivity contribution in [1.82, 2.24) is 19.5 Å². The summed E-state index contributed by atoms with van der Waals surface area (Å²) in [6.45, 7) is -1.67. The SMILES string of the molecule is [B-][P@](=O)(OC[C@H]1O[C@@H](n2cnc3c(N)ncnc32)C(O)[C@H]1O)OP(=O)(O)O[C@@H]1OC(CO)[C@@H](O)[C@H](O)C1O. The Bertz CT molecular complexity index is 1240. The van der Waals surface area contributed by atoms with Crippen LogP contribution in [-0.4, -0.2) is 125 Å². The molecule has 2 aromatic rings. The lowest BCUT2D eigenvalue weighted by molar-refractivity contribution is -0.280. The highest BCUT2D eigenvalue weighted by molar-refractivity contribution is 7.83. The molecule has 4 unspecified atom stereocenters. The van der Waals surface area contributed by atoms with E-state index in [1.165, 1.54) is 10.9 Å². The van der Waals surface area contributed by atoms with Crippen LogP contribution in [0.5, 0.6) is 0 Å². The Morgan fingerprint density at radius 2 is 1.68 bits per heavy atom. The fraction of sp³-hybridized carbons (Fsp3) is 0.688. The van der Waals surface area contributed by atoms with E-state index in [1.54, 1.807) is 0 Å². The summed E-state index contributed by atoms with van der Waals surface area (Å²) in [6, 6.07) is 0. The van der Waals surface area contributed by atoms with Crippen LogP contribution in [0, 0.1) is 0 Å². The number of fused-ring (bicyclic) bond motifs is 1. The van der Waals surface area contributed by atoms with Gasteiger partial charge in [0.25, 0.3) is 0 Å². The summed E-state index contributed by atoms with van der Waals surface area (Å²) < 4.78 is 50.3. The van der Waals surface area contributed by atoms with Gasteiger partial charge in [0, 0.05) is 0 Å². The molecule has 0 spiro atoms. The minimum Gasteiger partial charge on any atom is -0.443 e. The van der Waals surface area contributed by atoms with Crippen molar-refractivity contribution in [2.45, 2.75) is 55.2 Å². The molecule has 0 saturated carbocycles. The van der Waals surface area contributed by atoms with Crippen LogP contribution < -0.4 is 5.73 Å². The van der Waals surface area contributed by atoms with Crippen molar-refractivity contribution in [1.29, 1.82) is 0 Å². The smallest absolute Gasteiger partial charge is 0.443 e. The maximum atomic E-state index is 12.5. The highest BCUT2D eigenvalue weighted by atomic mass is 31.3. The number of aliphatic hydroxyl groups is 6. The third-order valence-electron chi connectivity index (χ3n) is 5.72. The van der Waals surface area contributed by atoms with Crippen LogP contribution in [0.25, 0.3) is 11.2 Å². The molecular weight excluding hydrogens is 559 g/mol. The monoisotopic (exact) mass is 583 g/mol. The van der Waals surface area contributed by atoms with Gasteiger partial charge in [-0.3, -0.25) is 9.09 Å². The quantitative estimate of drug-likeness (QED) is 0.104. The van der Waals surface area contributed by atoms with E-state index in [0.717, 1.165) is 6.33 Å². The van der Waals surface area contributed by atoms with Gasteiger partial charge >= 0.3 is 7.82 Å². The van der Waals surface area contributed by atoms with E-state index in [9.17, 15) is 44.7 Å². The molecule has 3 radical (unpaired) electrons. The summed E-state index contributed by atoms with van der Waals surface area (Å²) in [5.41, 5.74) is 6.11. The van der Waals surface area contributed by atoms with Crippen LogP contribution in [0.1, 0.15) is 6.23 Å². The molecule has 4 rings (SSSR count). The number of phosphoric acid groups is 1. The highest BCUT2D eigenvalue weighted by Gasteiger charge is 2.48. The van der Waals surface area contributed by atoms with Crippen LogP contribution in [0.4, 0.5) is 5.82 Å². The number of anilines is 1. The molecule has 9 N–H and O–H groups in total. The number of aliphatic hydroxyl groups excluding tert-OH is 6. The Labute approximate surface area is 214 Å². The lowest BCUT2D eigenvalue weighted by atomic mass is 10.00. The van der Waals surface area contributed by atoms with Crippen LogP contribution in [0.15, 0.2) is 12.7 Å². The number of imidazole rings is 1. The van der Waals surface area contributed by atoms with Crippen LogP contribution in [0.3, 0.4) is 0 Å². The maximum absolute atomic E-state index is 12.5. The van der Waals surface area contributed by atoms with Crippen LogP contribution >= 0.6 is 15.3 Å². The fourth-order valence-electron chi connectivity index (χ4n) is 3.80. The number of nitrogen functional groups attached to an aromatic ring is 1. The van der Waals surface area contributed by atoms with E-state index < -0.39 is 83.8 Å². The number of nitrogens with two attached hydrogens (primary N) is 1. The minimum atomic E-state index is -5.44. The predicted molar refractivity (Wildman–Crippen MR) is 121 cm³/mol. The largest absolute Gasteiger partial charge is 0.479 e. The van der Waals surface area contributed by atoms with Crippen molar-refractivity contribution in [2.24, 2.45) is 0 Å².